The lowest BCUT2D eigenvalue weighted by Gasteiger charge is -1.93. The van der Waals surface area contributed by atoms with E-state index < -0.39 is 0 Å². The first kappa shape index (κ1) is 10.1. The molecule has 1 aromatic rings. The third kappa shape index (κ3) is 4.56. The van der Waals surface area contributed by atoms with Crippen LogP contribution in [0.3, 0.4) is 0 Å². The Morgan fingerprint density at radius 1 is 1.31 bits per heavy atom. The van der Waals surface area contributed by atoms with Gasteiger partial charge in [0.2, 0.25) is 0 Å². The Morgan fingerprint density at radius 2 is 2.23 bits per heavy atom. The lowest BCUT2D eigenvalue weighted by Crippen LogP contribution is -1.73. The van der Waals surface area contributed by atoms with Gasteiger partial charge in [0.1, 0.15) is 5.76 Å². The number of allylic oxidation sites excluding steroid dienone is 1. The fourth-order valence-corrected chi connectivity index (χ4v) is 1.27. The Labute approximate surface area is 80.5 Å². The van der Waals surface area contributed by atoms with Gasteiger partial charge in [-0.15, -0.1) is 0 Å². The Bertz CT molecular complexity index is 221. The molecule has 0 radical (unpaired) electrons. The number of hydrogen-bond acceptors (Lipinski definition) is 1. The summed E-state index contributed by atoms with van der Waals surface area (Å²) in [6.07, 6.45) is 12.4. The summed E-state index contributed by atoms with van der Waals surface area (Å²) in [4.78, 5) is 0. The fraction of sp³-hybridized carbons (Fsp3) is 0.500. The van der Waals surface area contributed by atoms with Crippen molar-refractivity contribution in [2.24, 2.45) is 0 Å². The molecule has 72 valence electrons. The van der Waals surface area contributed by atoms with Crippen LogP contribution >= 0.6 is 0 Å². The van der Waals surface area contributed by atoms with E-state index in [0.717, 1.165) is 5.76 Å². The molecule has 0 aliphatic heterocycles. The minimum absolute atomic E-state index is 0.954. The number of furan rings is 1. The highest BCUT2D eigenvalue weighted by molar-refractivity contribution is 5.41. The standard InChI is InChI=1S/C12H18O/c1-2-3-4-5-6-7-9-12-10-8-11-13-12/h7-11H,2-6H2,1H3/b9-7-. The van der Waals surface area contributed by atoms with Crippen LogP contribution in [0.5, 0.6) is 0 Å². The molecule has 0 aliphatic carbocycles. The van der Waals surface area contributed by atoms with Gasteiger partial charge in [-0.2, -0.15) is 0 Å². The molecule has 0 aromatic carbocycles. The van der Waals surface area contributed by atoms with Crippen LogP contribution in [0.1, 0.15) is 44.8 Å². The first-order chi connectivity index (χ1) is 6.43. The Kier molecular flexibility index (Phi) is 5.07. The van der Waals surface area contributed by atoms with E-state index in [1.807, 2.05) is 18.2 Å². The maximum Gasteiger partial charge on any atom is 0.126 e. The summed E-state index contributed by atoms with van der Waals surface area (Å²) in [6.45, 7) is 2.23. The van der Waals surface area contributed by atoms with Crippen molar-refractivity contribution in [3.8, 4) is 0 Å². The van der Waals surface area contributed by atoms with E-state index in [9.17, 15) is 0 Å². The van der Waals surface area contributed by atoms with Crippen LogP contribution in [-0.4, -0.2) is 0 Å². The first-order valence-corrected chi connectivity index (χ1v) is 5.13. The Balaban J connectivity index is 2.05. The monoisotopic (exact) mass is 178 g/mol. The van der Waals surface area contributed by atoms with E-state index in [-0.39, 0.29) is 0 Å². The summed E-state index contributed by atoms with van der Waals surface area (Å²) in [5.41, 5.74) is 0. The van der Waals surface area contributed by atoms with Gasteiger partial charge in [-0.25, -0.2) is 0 Å². The smallest absolute Gasteiger partial charge is 0.126 e. The van der Waals surface area contributed by atoms with E-state index in [2.05, 4.69) is 13.0 Å². The van der Waals surface area contributed by atoms with Crippen LogP contribution in [0.4, 0.5) is 0 Å². The predicted octanol–water partition coefficient (Wildman–Crippen LogP) is 4.26. The second-order valence-corrected chi connectivity index (χ2v) is 3.27. The van der Waals surface area contributed by atoms with Crippen LogP contribution in [0.25, 0.3) is 6.08 Å². The number of rotatable bonds is 6. The van der Waals surface area contributed by atoms with Gasteiger partial charge in [-0.1, -0.05) is 32.3 Å². The summed E-state index contributed by atoms with van der Waals surface area (Å²) in [7, 11) is 0. The maximum absolute atomic E-state index is 5.17. The molecule has 0 amide bonds. The van der Waals surface area contributed by atoms with Gasteiger partial charge in [0, 0.05) is 0 Å². The van der Waals surface area contributed by atoms with Gasteiger partial charge in [-0.3, -0.25) is 0 Å². The van der Waals surface area contributed by atoms with Crippen molar-refractivity contribution in [2.75, 3.05) is 0 Å². The molecule has 0 N–H and O–H groups in total. The highest BCUT2D eigenvalue weighted by Gasteiger charge is 1.87. The van der Waals surface area contributed by atoms with Crippen LogP contribution in [0.2, 0.25) is 0 Å². The molecular formula is C12H18O. The Hall–Kier alpha value is -0.980. The van der Waals surface area contributed by atoms with Crippen molar-refractivity contribution in [3.63, 3.8) is 0 Å². The van der Waals surface area contributed by atoms with Gasteiger partial charge in [0.25, 0.3) is 0 Å². The quantitative estimate of drug-likeness (QED) is 0.593. The average molecular weight is 178 g/mol. The van der Waals surface area contributed by atoms with E-state index in [1.54, 1.807) is 6.26 Å². The summed E-state index contributed by atoms with van der Waals surface area (Å²) in [5, 5.41) is 0. The molecule has 0 saturated heterocycles. The summed E-state index contributed by atoms with van der Waals surface area (Å²) in [6, 6.07) is 3.89. The highest BCUT2D eigenvalue weighted by atomic mass is 16.3. The van der Waals surface area contributed by atoms with Crippen molar-refractivity contribution < 1.29 is 4.42 Å². The molecule has 0 aliphatic rings. The SMILES string of the molecule is CCCCCC/C=C\c1ccco1. The van der Waals surface area contributed by atoms with Gasteiger partial charge < -0.3 is 4.42 Å². The van der Waals surface area contributed by atoms with E-state index in [4.69, 9.17) is 4.42 Å². The second-order valence-electron chi connectivity index (χ2n) is 3.27. The predicted molar refractivity (Wildman–Crippen MR) is 56.5 cm³/mol. The van der Waals surface area contributed by atoms with Gasteiger partial charge in [-0.05, 0) is 31.1 Å². The molecule has 0 spiro atoms. The molecule has 0 fully saturated rings. The minimum Gasteiger partial charge on any atom is -0.465 e. The van der Waals surface area contributed by atoms with E-state index in [1.165, 1.54) is 32.1 Å². The number of unbranched alkanes of at least 4 members (excludes halogenated alkanes) is 4. The van der Waals surface area contributed by atoms with E-state index >= 15 is 0 Å². The number of hydrogen-bond donors (Lipinski definition) is 0. The largest absolute Gasteiger partial charge is 0.465 e. The zero-order valence-corrected chi connectivity index (χ0v) is 8.33. The second kappa shape index (κ2) is 6.53. The lowest BCUT2D eigenvalue weighted by molar-refractivity contribution is 0.556. The fourth-order valence-electron chi connectivity index (χ4n) is 1.27. The molecule has 0 unspecified atom stereocenters. The van der Waals surface area contributed by atoms with Crippen molar-refractivity contribution >= 4 is 6.08 Å². The van der Waals surface area contributed by atoms with Crippen molar-refractivity contribution in [1.29, 1.82) is 0 Å². The third-order valence-electron chi connectivity index (χ3n) is 2.05. The topological polar surface area (TPSA) is 13.1 Å². The third-order valence-corrected chi connectivity index (χ3v) is 2.05. The van der Waals surface area contributed by atoms with Gasteiger partial charge in [0.15, 0.2) is 0 Å². The van der Waals surface area contributed by atoms with Gasteiger partial charge in [0.05, 0.1) is 6.26 Å². The zero-order valence-electron chi connectivity index (χ0n) is 8.33. The molecule has 1 heteroatoms. The lowest BCUT2D eigenvalue weighted by atomic mass is 10.1. The summed E-state index contributed by atoms with van der Waals surface area (Å²) in [5.74, 6) is 0.954. The van der Waals surface area contributed by atoms with Crippen molar-refractivity contribution in [3.05, 3.63) is 30.2 Å². The van der Waals surface area contributed by atoms with Crippen molar-refractivity contribution in [1.82, 2.24) is 0 Å². The zero-order chi connectivity index (χ0) is 9.36. The molecule has 1 heterocycles. The maximum atomic E-state index is 5.17. The Morgan fingerprint density at radius 3 is 2.92 bits per heavy atom. The van der Waals surface area contributed by atoms with Crippen molar-refractivity contribution in [2.45, 2.75) is 39.0 Å². The van der Waals surface area contributed by atoms with Crippen LogP contribution < -0.4 is 0 Å². The van der Waals surface area contributed by atoms with E-state index in [0.29, 0.717) is 0 Å². The summed E-state index contributed by atoms with van der Waals surface area (Å²) >= 11 is 0. The molecule has 1 rings (SSSR count). The first-order valence-electron chi connectivity index (χ1n) is 5.13. The minimum atomic E-state index is 0.954. The molecule has 0 saturated carbocycles. The molecular weight excluding hydrogens is 160 g/mol. The normalized spacial score (nSPS) is 11.2. The van der Waals surface area contributed by atoms with Crippen LogP contribution in [0.15, 0.2) is 28.9 Å². The molecule has 13 heavy (non-hydrogen) atoms. The molecule has 1 nitrogen and oxygen atoms in total. The summed E-state index contributed by atoms with van der Waals surface area (Å²) < 4.78 is 5.17. The van der Waals surface area contributed by atoms with Crippen LogP contribution in [0, 0.1) is 0 Å². The van der Waals surface area contributed by atoms with Gasteiger partial charge >= 0.3 is 0 Å². The molecule has 0 bridgehead atoms. The molecule has 1 aromatic heterocycles. The van der Waals surface area contributed by atoms with Crippen LogP contribution in [-0.2, 0) is 0 Å². The highest BCUT2D eigenvalue weighted by Crippen LogP contribution is 2.06. The molecule has 0 atom stereocenters. The average Bonchev–Trinajstić information content (AvgIpc) is 2.63.